The van der Waals surface area contributed by atoms with E-state index in [9.17, 15) is 23.3 Å². The molecule has 2 rings (SSSR count). The summed E-state index contributed by atoms with van der Waals surface area (Å²) in [5, 5.41) is 11.2. The molecule has 2 atom stereocenters. The quantitative estimate of drug-likeness (QED) is 0.389. The number of para-hydroxylation sites is 1. The van der Waals surface area contributed by atoms with Crippen LogP contribution in [0.2, 0.25) is 0 Å². The van der Waals surface area contributed by atoms with Crippen LogP contribution in [-0.2, 0) is 26.2 Å². The molecule has 9 heteroatoms. The Kier molecular flexibility index (Phi) is 7.24. The molecular weight excluding hydrogens is 384 g/mol. The molecule has 150 valence electrons. The first-order chi connectivity index (χ1) is 13.3. The Hall–Kier alpha value is -2.78. The van der Waals surface area contributed by atoms with Gasteiger partial charge in [-0.05, 0) is 17.5 Å². The molecule has 0 saturated carbocycles. The second-order valence-electron chi connectivity index (χ2n) is 6.30. The number of nitro groups is 1. The van der Waals surface area contributed by atoms with Gasteiger partial charge in [-0.1, -0.05) is 62.7 Å². The van der Waals surface area contributed by atoms with E-state index < -0.39 is 37.5 Å². The molecule has 0 radical (unpaired) electrons. The van der Waals surface area contributed by atoms with Crippen LogP contribution in [0.4, 0.5) is 5.69 Å². The first-order valence-electron chi connectivity index (χ1n) is 8.72. The SMILES string of the molecule is CC[C@H](C)[C@H](NS(=O)(=O)c1ccccc1[N+](=O)[O-])C(=O)OCc1ccccc1. The van der Waals surface area contributed by atoms with Gasteiger partial charge in [0.2, 0.25) is 10.0 Å². The highest BCUT2D eigenvalue weighted by Crippen LogP contribution is 2.24. The fraction of sp³-hybridized carbons (Fsp3) is 0.316. The van der Waals surface area contributed by atoms with E-state index in [1.165, 1.54) is 12.1 Å². The number of carbonyl (C=O) groups is 1. The summed E-state index contributed by atoms with van der Waals surface area (Å²) in [5.41, 5.74) is 0.205. The van der Waals surface area contributed by atoms with Crippen molar-refractivity contribution in [1.82, 2.24) is 4.72 Å². The summed E-state index contributed by atoms with van der Waals surface area (Å²) in [5.74, 6) is -1.11. The molecule has 0 fully saturated rings. The molecule has 0 spiro atoms. The van der Waals surface area contributed by atoms with Gasteiger partial charge in [0, 0.05) is 6.07 Å². The predicted octanol–water partition coefficient (Wildman–Crippen LogP) is 3.03. The summed E-state index contributed by atoms with van der Waals surface area (Å²) >= 11 is 0. The van der Waals surface area contributed by atoms with Crippen molar-refractivity contribution in [3.63, 3.8) is 0 Å². The van der Waals surface area contributed by atoms with E-state index >= 15 is 0 Å². The molecule has 0 aromatic heterocycles. The number of nitrogens with zero attached hydrogens (tertiary/aromatic N) is 1. The second-order valence-corrected chi connectivity index (χ2v) is 7.99. The van der Waals surface area contributed by atoms with Crippen LogP contribution >= 0.6 is 0 Å². The minimum absolute atomic E-state index is 0.000179. The third-order valence-corrected chi connectivity index (χ3v) is 5.81. The maximum Gasteiger partial charge on any atom is 0.324 e. The number of benzene rings is 2. The van der Waals surface area contributed by atoms with Crippen molar-refractivity contribution in [1.29, 1.82) is 0 Å². The van der Waals surface area contributed by atoms with Crippen LogP contribution in [0, 0.1) is 16.0 Å². The summed E-state index contributed by atoms with van der Waals surface area (Å²) in [6.07, 6.45) is 0.504. The van der Waals surface area contributed by atoms with Gasteiger partial charge in [0.25, 0.3) is 5.69 Å². The van der Waals surface area contributed by atoms with Crippen LogP contribution < -0.4 is 4.72 Å². The number of hydrogen-bond donors (Lipinski definition) is 1. The Morgan fingerprint density at radius 2 is 1.75 bits per heavy atom. The van der Waals surface area contributed by atoms with Gasteiger partial charge in [-0.25, -0.2) is 8.42 Å². The average molecular weight is 406 g/mol. The highest BCUT2D eigenvalue weighted by Gasteiger charge is 2.34. The molecule has 28 heavy (non-hydrogen) atoms. The Morgan fingerprint density at radius 1 is 1.14 bits per heavy atom. The fourth-order valence-electron chi connectivity index (χ4n) is 2.52. The molecule has 0 saturated heterocycles. The third kappa shape index (κ3) is 5.37. The number of ether oxygens (including phenoxy) is 1. The minimum Gasteiger partial charge on any atom is -0.460 e. The maximum absolute atomic E-state index is 12.7. The van der Waals surface area contributed by atoms with Crippen LogP contribution in [0.3, 0.4) is 0 Å². The summed E-state index contributed by atoms with van der Waals surface area (Å²) in [6.45, 7) is 3.51. The number of nitro benzene ring substituents is 1. The van der Waals surface area contributed by atoms with E-state index in [4.69, 9.17) is 4.74 Å². The number of sulfonamides is 1. The maximum atomic E-state index is 12.7. The molecule has 8 nitrogen and oxygen atoms in total. The zero-order valence-electron chi connectivity index (χ0n) is 15.6. The van der Waals surface area contributed by atoms with E-state index in [1.807, 2.05) is 6.07 Å². The molecule has 0 amide bonds. The van der Waals surface area contributed by atoms with Crippen LogP contribution in [-0.4, -0.2) is 25.4 Å². The topological polar surface area (TPSA) is 116 Å². The highest BCUT2D eigenvalue weighted by atomic mass is 32.2. The standard InChI is InChI=1S/C19H22N2O6S/c1-3-14(2)18(19(22)27-13-15-9-5-4-6-10-15)20-28(25,26)17-12-8-7-11-16(17)21(23)24/h4-12,14,18,20H,3,13H2,1-2H3/t14-,18-/m0/s1. The molecule has 0 aliphatic heterocycles. The monoisotopic (exact) mass is 406 g/mol. The van der Waals surface area contributed by atoms with Gasteiger partial charge < -0.3 is 4.74 Å². The predicted molar refractivity (Wildman–Crippen MR) is 103 cm³/mol. The van der Waals surface area contributed by atoms with Gasteiger partial charge in [0.1, 0.15) is 12.6 Å². The summed E-state index contributed by atoms with van der Waals surface area (Å²) in [4.78, 5) is 22.4. The molecule has 0 unspecified atom stereocenters. The van der Waals surface area contributed by atoms with Crippen LogP contribution in [0.15, 0.2) is 59.5 Å². The van der Waals surface area contributed by atoms with Gasteiger partial charge in [0.05, 0.1) is 4.92 Å². The molecule has 1 N–H and O–H groups in total. The highest BCUT2D eigenvalue weighted by molar-refractivity contribution is 7.89. The first-order valence-corrected chi connectivity index (χ1v) is 10.2. The summed E-state index contributed by atoms with van der Waals surface area (Å²) in [6, 6.07) is 12.8. The zero-order chi connectivity index (χ0) is 20.7. The lowest BCUT2D eigenvalue weighted by molar-refractivity contribution is -0.387. The number of rotatable bonds is 9. The lowest BCUT2D eigenvalue weighted by Crippen LogP contribution is -2.45. The second kappa shape index (κ2) is 9.43. The molecule has 0 aliphatic rings. The molecule has 0 aliphatic carbocycles. The van der Waals surface area contributed by atoms with E-state index in [0.717, 1.165) is 17.7 Å². The minimum atomic E-state index is -4.31. The number of carbonyl (C=O) groups excluding carboxylic acids is 1. The average Bonchev–Trinajstić information content (AvgIpc) is 2.70. The van der Waals surface area contributed by atoms with Crippen molar-refractivity contribution in [2.24, 2.45) is 5.92 Å². The molecule has 2 aromatic carbocycles. The summed E-state index contributed by atoms with van der Waals surface area (Å²) in [7, 11) is -4.31. The molecule has 0 heterocycles. The molecule has 0 bridgehead atoms. The number of hydrogen-bond acceptors (Lipinski definition) is 6. The third-order valence-electron chi connectivity index (χ3n) is 4.32. The smallest absolute Gasteiger partial charge is 0.324 e. The largest absolute Gasteiger partial charge is 0.460 e. The Balaban J connectivity index is 2.24. The van der Waals surface area contributed by atoms with Crippen molar-refractivity contribution >= 4 is 21.7 Å². The van der Waals surface area contributed by atoms with Crippen molar-refractivity contribution in [3.05, 3.63) is 70.3 Å². The van der Waals surface area contributed by atoms with Crippen molar-refractivity contribution in [2.75, 3.05) is 0 Å². The van der Waals surface area contributed by atoms with Gasteiger partial charge in [-0.2, -0.15) is 4.72 Å². The van der Waals surface area contributed by atoms with Gasteiger partial charge >= 0.3 is 5.97 Å². The molecular formula is C19H22N2O6S. The lowest BCUT2D eigenvalue weighted by atomic mass is 10.0. The molecule has 2 aromatic rings. The van der Waals surface area contributed by atoms with Crippen LogP contribution in [0.25, 0.3) is 0 Å². The van der Waals surface area contributed by atoms with E-state index in [0.29, 0.717) is 6.42 Å². The van der Waals surface area contributed by atoms with Gasteiger partial charge in [-0.3, -0.25) is 14.9 Å². The Bertz CT molecular complexity index is 930. The fourth-order valence-corrected chi connectivity index (χ4v) is 3.98. The number of esters is 1. The van der Waals surface area contributed by atoms with Crippen LogP contribution in [0.1, 0.15) is 25.8 Å². The van der Waals surface area contributed by atoms with E-state index in [2.05, 4.69) is 4.72 Å². The lowest BCUT2D eigenvalue weighted by Gasteiger charge is -2.22. The first kappa shape index (κ1) is 21.5. The van der Waals surface area contributed by atoms with Crippen molar-refractivity contribution in [2.45, 2.75) is 37.8 Å². The Labute approximate surface area is 163 Å². The van der Waals surface area contributed by atoms with Gasteiger partial charge in [0.15, 0.2) is 4.90 Å². The normalized spacial score (nSPS) is 13.5. The van der Waals surface area contributed by atoms with Crippen LogP contribution in [0.5, 0.6) is 0 Å². The zero-order valence-corrected chi connectivity index (χ0v) is 16.4. The van der Waals surface area contributed by atoms with Gasteiger partial charge in [-0.15, -0.1) is 0 Å². The summed E-state index contributed by atoms with van der Waals surface area (Å²) < 4.78 is 33.0. The van der Waals surface area contributed by atoms with E-state index in [-0.39, 0.29) is 12.5 Å². The van der Waals surface area contributed by atoms with Crippen molar-refractivity contribution < 1.29 is 22.9 Å². The van der Waals surface area contributed by atoms with E-state index in [1.54, 1.807) is 38.1 Å². The van der Waals surface area contributed by atoms with Crippen molar-refractivity contribution in [3.8, 4) is 0 Å². The Morgan fingerprint density at radius 3 is 2.36 bits per heavy atom. The number of nitrogens with one attached hydrogen (secondary N) is 1.